The first-order valence-corrected chi connectivity index (χ1v) is 10.6. The van der Waals surface area contributed by atoms with E-state index in [2.05, 4.69) is 45.7 Å². The van der Waals surface area contributed by atoms with Crippen LogP contribution in [-0.4, -0.2) is 24.6 Å². The lowest BCUT2D eigenvalue weighted by atomic mass is 9.95. The first-order valence-electron chi connectivity index (χ1n) is 9.78. The molecule has 0 atom stereocenters. The Bertz CT molecular complexity index is 1120. The van der Waals surface area contributed by atoms with E-state index >= 15 is 0 Å². The van der Waals surface area contributed by atoms with Gasteiger partial charge in [-0.25, -0.2) is 14.5 Å². The van der Waals surface area contributed by atoms with Gasteiger partial charge in [0.2, 0.25) is 0 Å². The Morgan fingerprint density at radius 2 is 1.86 bits per heavy atom. The Kier molecular flexibility index (Phi) is 4.98. The van der Waals surface area contributed by atoms with Crippen molar-refractivity contribution in [1.82, 2.24) is 24.6 Å². The van der Waals surface area contributed by atoms with Gasteiger partial charge >= 0.3 is 0 Å². The zero-order chi connectivity index (χ0) is 19.8. The molecule has 6 heteroatoms. The summed E-state index contributed by atoms with van der Waals surface area (Å²) in [5.74, 6) is 0.493. The van der Waals surface area contributed by atoms with Gasteiger partial charge in [0.1, 0.15) is 10.7 Å². The lowest BCUT2D eigenvalue weighted by Gasteiger charge is -2.14. The van der Waals surface area contributed by atoms with Gasteiger partial charge in [-0.3, -0.25) is 4.98 Å². The molecule has 28 heavy (non-hydrogen) atoms. The average Bonchev–Trinajstić information content (AvgIpc) is 3.22. The van der Waals surface area contributed by atoms with Crippen molar-refractivity contribution in [3.8, 4) is 21.1 Å². The summed E-state index contributed by atoms with van der Waals surface area (Å²) in [4.78, 5) is 15.1. The van der Waals surface area contributed by atoms with Gasteiger partial charge in [-0.1, -0.05) is 13.8 Å². The average molecular weight is 392 g/mol. The summed E-state index contributed by atoms with van der Waals surface area (Å²) in [6.45, 7) is 10.7. The SMILES string of the molecule is CCC(CC)c1cc(C)nn2c(-c3sc(-c4cccnc4)nc3C)c(C)nc12. The molecule has 0 spiro atoms. The largest absolute Gasteiger partial charge is 0.264 e. The van der Waals surface area contributed by atoms with Crippen LogP contribution >= 0.6 is 11.3 Å². The minimum atomic E-state index is 0.493. The maximum atomic E-state index is 4.94. The maximum Gasteiger partial charge on any atom is 0.158 e. The van der Waals surface area contributed by atoms with E-state index in [-0.39, 0.29) is 0 Å². The van der Waals surface area contributed by atoms with Crippen LogP contribution in [0, 0.1) is 20.8 Å². The van der Waals surface area contributed by atoms with Crippen LogP contribution in [0.3, 0.4) is 0 Å². The first kappa shape index (κ1) is 18.7. The van der Waals surface area contributed by atoms with E-state index in [1.165, 1.54) is 5.56 Å². The zero-order valence-electron chi connectivity index (χ0n) is 17.0. The summed E-state index contributed by atoms with van der Waals surface area (Å²) in [5.41, 5.74) is 7.37. The van der Waals surface area contributed by atoms with Crippen LogP contribution in [0.1, 0.15) is 55.3 Å². The third kappa shape index (κ3) is 3.11. The molecule has 4 heterocycles. The minimum Gasteiger partial charge on any atom is -0.264 e. The van der Waals surface area contributed by atoms with Gasteiger partial charge in [-0.15, -0.1) is 11.3 Å². The van der Waals surface area contributed by atoms with Crippen LogP contribution in [0.25, 0.3) is 26.8 Å². The van der Waals surface area contributed by atoms with E-state index in [4.69, 9.17) is 15.1 Å². The van der Waals surface area contributed by atoms with Gasteiger partial charge in [0.05, 0.1) is 22.0 Å². The number of rotatable bonds is 5. The number of hydrogen-bond acceptors (Lipinski definition) is 5. The van der Waals surface area contributed by atoms with Crippen molar-refractivity contribution < 1.29 is 0 Å². The third-order valence-corrected chi connectivity index (χ3v) is 6.47. The fourth-order valence-corrected chi connectivity index (χ4v) is 4.94. The van der Waals surface area contributed by atoms with Gasteiger partial charge in [0, 0.05) is 23.5 Å². The zero-order valence-corrected chi connectivity index (χ0v) is 17.8. The van der Waals surface area contributed by atoms with Gasteiger partial charge in [-0.05, 0) is 57.7 Å². The van der Waals surface area contributed by atoms with Crippen molar-refractivity contribution in [2.75, 3.05) is 0 Å². The molecule has 0 aliphatic heterocycles. The number of nitrogens with zero attached hydrogens (tertiary/aromatic N) is 5. The second-order valence-corrected chi connectivity index (χ2v) is 8.21. The van der Waals surface area contributed by atoms with Crippen LogP contribution in [0.15, 0.2) is 30.6 Å². The van der Waals surface area contributed by atoms with Crippen LogP contribution in [0.5, 0.6) is 0 Å². The molecular formula is C22H25N5S. The van der Waals surface area contributed by atoms with Crippen molar-refractivity contribution in [2.24, 2.45) is 0 Å². The number of aromatic nitrogens is 5. The summed E-state index contributed by atoms with van der Waals surface area (Å²) < 4.78 is 2.03. The molecule has 5 nitrogen and oxygen atoms in total. The number of fused-ring (bicyclic) bond motifs is 1. The van der Waals surface area contributed by atoms with Gasteiger partial charge < -0.3 is 0 Å². The molecule has 0 unspecified atom stereocenters. The predicted molar refractivity (Wildman–Crippen MR) is 115 cm³/mol. The van der Waals surface area contributed by atoms with Crippen LogP contribution in [0.4, 0.5) is 0 Å². The Balaban J connectivity index is 1.93. The number of hydrogen-bond donors (Lipinski definition) is 0. The summed E-state index contributed by atoms with van der Waals surface area (Å²) >= 11 is 1.68. The van der Waals surface area contributed by atoms with Crippen molar-refractivity contribution in [3.63, 3.8) is 0 Å². The van der Waals surface area contributed by atoms with Crippen molar-refractivity contribution in [2.45, 2.75) is 53.4 Å². The van der Waals surface area contributed by atoms with E-state index in [1.54, 1.807) is 17.5 Å². The van der Waals surface area contributed by atoms with Gasteiger partial charge in [-0.2, -0.15) is 5.10 Å². The van der Waals surface area contributed by atoms with Crippen LogP contribution < -0.4 is 0 Å². The Morgan fingerprint density at radius 1 is 1.07 bits per heavy atom. The monoisotopic (exact) mass is 391 g/mol. The first-order chi connectivity index (χ1) is 13.5. The molecular weight excluding hydrogens is 366 g/mol. The van der Waals surface area contributed by atoms with E-state index in [0.29, 0.717) is 5.92 Å². The third-order valence-electron chi connectivity index (χ3n) is 5.25. The minimum absolute atomic E-state index is 0.493. The molecule has 0 radical (unpaired) electrons. The summed E-state index contributed by atoms with van der Waals surface area (Å²) in [6, 6.07) is 6.19. The molecule has 4 aromatic rings. The van der Waals surface area contributed by atoms with E-state index in [9.17, 15) is 0 Å². The van der Waals surface area contributed by atoms with Crippen molar-refractivity contribution in [3.05, 3.63) is 53.2 Å². The molecule has 0 bridgehead atoms. The molecule has 0 amide bonds. The van der Waals surface area contributed by atoms with Crippen molar-refractivity contribution in [1.29, 1.82) is 0 Å². The molecule has 0 saturated heterocycles. The van der Waals surface area contributed by atoms with E-state index in [1.807, 2.05) is 22.8 Å². The molecule has 0 saturated carbocycles. The standard InChI is InChI=1S/C22H25N5S/c1-6-16(7-2)18-11-13(3)26-27-19(14(4)24-21(18)27)20-15(5)25-22(28-20)17-9-8-10-23-12-17/h8-12,16H,6-7H2,1-5H3. The molecule has 0 aliphatic rings. The fraction of sp³-hybridized carbons (Fsp3) is 0.364. The summed E-state index contributed by atoms with van der Waals surface area (Å²) in [6.07, 6.45) is 5.84. The second-order valence-electron chi connectivity index (χ2n) is 7.21. The highest BCUT2D eigenvalue weighted by Crippen LogP contribution is 2.38. The topological polar surface area (TPSA) is 56.0 Å². The van der Waals surface area contributed by atoms with Crippen molar-refractivity contribution >= 4 is 17.0 Å². The number of pyridine rings is 1. The fourth-order valence-electron chi connectivity index (χ4n) is 3.80. The lowest BCUT2D eigenvalue weighted by molar-refractivity contribution is 0.638. The predicted octanol–water partition coefficient (Wildman–Crippen LogP) is 5.74. The highest BCUT2D eigenvalue weighted by Gasteiger charge is 2.22. The smallest absolute Gasteiger partial charge is 0.158 e. The molecule has 4 aromatic heterocycles. The van der Waals surface area contributed by atoms with E-state index in [0.717, 1.165) is 56.7 Å². The Morgan fingerprint density at radius 3 is 2.54 bits per heavy atom. The molecule has 4 rings (SSSR count). The molecule has 0 aliphatic carbocycles. The summed E-state index contributed by atoms with van der Waals surface area (Å²) in [5, 5.41) is 5.80. The highest BCUT2D eigenvalue weighted by molar-refractivity contribution is 7.18. The van der Waals surface area contributed by atoms with Gasteiger partial charge in [0.15, 0.2) is 5.65 Å². The Labute approximate surface area is 169 Å². The number of thiazole rings is 1. The lowest BCUT2D eigenvalue weighted by Crippen LogP contribution is -2.05. The Hall–Kier alpha value is -2.60. The molecule has 144 valence electrons. The molecule has 0 fully saturated rings. The number of aryl methyl sites for hydroxylation is 3. The van der Waals surface area contributed by atoms with Crippen LogP contribution in [-0.2, 0) is 0 Å². The summed E-state index contributed by atoms with van der Waals surface area (Å²) in [7, 11) is 0. The quantitative estimate of drug-likeness (QED) is 0.435. The maximum absolute atomic E-state index is 4.94. The molecule has 0 aromatic carbocycles. The normalized spacial score (nSPS) is 11.6. The van der Waals surface area contributed by atoms with E-state index < -0.39 is 0 Å². The second kappa shape index (κ2) is 7.43. The molecule has 0 N–H and O–H groups in total. The highest BCUT2D eigenvalue weighted by atomic mass is 32.1. The number of imidazole rings is 1. The van der Waals surface area contributed by atoms with Crippen LogP contribution in [0.2, 0.25) is 0 Å². The van der Waals surface area contributed by atoms with Gasteiger partial charge in [0.25, 0.3) is 0 Å².